The second-order valence-electron chi connectivity index (χ2n) is 6.95. The fourth-order valence-electron chi connectivity index (χ4n) is 2.18. The van der Waals surface area contributed by atoms with E-state index in [9.17, 15) is 10.1 Å². The Balaban J connectivity index is 2.13. The van der Waals surface area contributed by atoms with Gasteiger partial charge in [-0.25, -0.2) is 0 Å². The summed E-state index contributed by atoms with van der Waals surface area (Å²) in [7, 11) is -1.08. The molecule has 4 heteroatoms. The van der Waals surface area contributed by atoms with Gasteiger partial charge in [0.05, 0.1) is 11.2 Å². The van der Waals surface area contributed by atoms with Crippen molar-refractivity contribution in [3.8, 4) is 0 Å². The second kappa shape index (κ2) is 6.87. The fraction of sp³-hybridized carbons (Fsp3) is 0.368. The highest BCUT2D eigenvalue weighted by Gasteiger charge is 2.39. The van der Waals surface area contributed by atoms with Crippen LogP contribution in [0.3, 0.4) is 0 Å². The van der Waals surface area contributed by atoms with Crippen LogP contribution in [-0.2, 0) is 11.1 Å². The molecule has 0 amide bonds. The zero-order valence-corrected chi connectivity index (χ0v) is 14.3. The lowest BCUT2D eigenvalue weighted by atomic mass is 9.76. The molecule has 23 heavy (non-hydrogen) atoms. The molecule has 0 heterocycles. The molecule has 2 rings (SSSR count). The Morgan fingerprint density at radius 1 is 0.913 bits per heavy atom. The highest BCUT2D eigenvalue weighted by molar-refractivity contribution is 6.60. The summed E-state index contributed by atoms with van der Waals surface area (Å²) in [6.45, 7) is 6.88. The monoisotopic (exact) mass is 312 g/mol. The maximum absolute atomic E-state index is 10.4. The smallest absolute Gasteiger partial charge is 0.423 e. The molecule has 0 aromatic heterocycles. The molecule has 0 atom stereocenters. The number of hydrogen-bond donors (Lipinski definition) is 2. The summed E-state index contributed by atoms with van der Waals surface area (Å²) < 4.78 is 5.70. The summed E-state index contributed by atoms with van der Waals surface area (Å²) >= 11 is 0. The largest absolute Gasteiger partial charge is 0.491 e. The number of hydrogen-bond acceptors (Lipinski definition) is 3. The van der Waals surface area contributed by atoms with E-state index in [2.05, 4.69) is 12.1 Å². The lowest BCUT2D eigenvalue weighted by Crippen LogP contribution is -2.53. The van der Waals surface area contributed by atoms with Gasteiger partial charge in [-0.1, -0.05) is 54.6 Å². The first-order valence-corrected chi connectivity index (χ1v) is 7.90. The van der Waals surface area contributed by atoms with Crippen LogP contribution in [0.15, 0.2) is 54.6 Å². The van der Waals surface area contributed by atoms with Gasteiger partial charge in [-0.3, -0.25) is 0 Å². The Morgan fingerprint density at radius 2 is 1.52 bits per heavy atom. The van der Waals surface area contributed by atoms with Crippen molar-refractivity contribution in [2.75, 3.05) is 0 Å². The van der Waals surface area contributed by atoms with Crippen molar-refractivity contribution in [2.45, 2.75) is 45.3 Å². The predicted molar refractivity (Wildman–Crippen MR) is 94.8 cm³/mol. The van der Waals surface area contributed by atoms with Crippen molar-refractivity contribution in [2.24, 2.45) is 0 Å². The van der Waals surface area contributed by atoms with Gasteiger partial charge < -0.3 is 14.8 Å². The van der Waals surface area contributed by atoms with Crippen molar-refractivity contribution in [3.05, 3.63) is 65.7 Å². The molecule has 0 aliphatic heterocycles. The Hall–Kier alpha value is -1.62. The molecular weight excluding hydrogens is 287 g/mol. The van der Waals surface area contributed by atoms with Gasteiger partial charge in [-0.2, -0.15) is 0 Å². The SMILES string of the molecule is CC(C)(O)C(C)(C)OB(O)c1cccc(Cc2ccccc2)c1. The molecule has 0 spiro atoms. The van der Waals surface area contributed by atoms with E-state index in [0.29, 0.717) is 5.46 Å². The summed E-state index contributed by atoms with van der Waals surface area (Å²) in [4.78, 5) is 0. The lowest BCUT2D eigenvalue weighted by Gasteiger charge is -2.38. The molecule has 0 fully saturated rings. The van der Waals surface area contributed by atoms with Crippen molar-refractivity contribution >= 4 is 12.6 Å². The molecule has 0 saturated carbocycles. The van der Waals surface area contributed by atoms with Crippen LogP contribution in [0, 0.1) is 0 Å². The van der Waals surface area contributed by atoms with Crippen LogP contribution in [0.4, 0.5) is 0 Å². The van der Waals surface area contributed by atoms with Gasteiger partial charge in [0.1, 0.15) is 0 Å². The third kappa shape index (κ3) is 4.68. The van der Waals surface area contributed by atoms with Gasteiger partial charge in [-0.15, -0.1) is 0 Å². The molecule has 2 N–H and O–H groups in total. The minimum absolute atomic E-state index is 0.691. The molecule has 0 saturated heterocycles. The number of aliphatic hydroxyl groups is 1. The topological polar surface area (TPSA) is 49.7 Å². The third-order valence-electron chi connectivity index (χ3n) is 4.37. The molecule has 0 bridgehead atoms. The first-order chi connectivity index (χ1) is 10.7. The number of benzene rings is 2. The highest BCUT2D eigenvalue weighted by atomic mass is 16.5. The van der Waals surface area contributed by atoms with Gasteiger partial charge in [-0.05, 0) is 50.7 Å². The van der Waals surface area contributed by atoms with Crippen LogP contribution < -0.4 is 5.46 Å². The summed E-state index contributed by atoms with van der Waals surface area (Å²) in [5.74, 6) is 0. The normalized spacial score (nSPS) is 12.3. The van der Waals surface area contributed by atoms with Crippen LogP contribution in [-0.4, -0.2) is 28.5 Å². The lowest BCUT2D eigenvalue weighted by molar-refractivity contribution is -0.0982. The Morgan fingerprint density at radius 3 is 2.13 bits per heavy atom. The van der Waals surface area contributed by atoms with Crippen LogP contribution in [0.5, 0.6) is 0 Å². The van der Waals surface area contributed by atoms with E-state index in [0.717, 1.165) is 12.0 Å². The predicted octanol–water partition coefficient (Wildman–Crippen LogP) is 2.53. The fourth-order valence-corrected chi connectivity index (χ4v) is 2.18. The molecule has 2 aromatic carbocycles. The standard InChI is InChI=1S/C19H25BO3/c1-18(2,21)19(3,4)23-20(22)17-12-8-11-16(14-17)13-15-9-6-5-7-10-15/h5-12,14,21-22H,13H2,1-4H3. The van der Waals surface area contributed by atoms with Crippen LogP contribution >= 0.6 is 0 Å². The Labute approximate surface area is 139 Å². The molecule has 0 aliphatic carbocycles. The highest BCUT2D eigenvalue weighted by Crippen LogP contribution is 2.25. The summed E-state index contributed by atoms with van der Waals surface area (Å²) in [6.07, 6.45) is 0.802. The molecule has 0 aliphatic rings. The van der Waals surface area contributed by atoms with E-state index >= 15 is 0 Å². The summed E-state index contributed by atoms with van der Waals surface area (Å²) in [5, 5.41) is 20.5. The van der Waals surface area contributed by atoms with Crippen LogP contribution in [0.1, 0.15) is 38.8 Å². The molecule has 3 nitrogen and oxygen atoms in total. The van der Waals surface area contributed by atoms with E-state index in [4.69, 9.17) is 4.65 Å². The van der Waals surface area contributed by atoms with E-state index in [1.54, 1.807) is 27.7 Å². The van der Waals surface area contributed by atoms with Crippen molar-refractivity contribution in [1.29, 1.82) is 0 Å². The summed E-state index contributed by atoms with van der Waals surface area (Å²) in [5.41, 5.74) is 1.09. The maximum Gasteiger partial charge on any atom is 0.491 e. The minimum Gasteiger partial charge on any atom is -0.423 e. The van der Waals surface area contributed by atoms with Crippen molar-refractivity contribution in [1.82, 2.24) is 0 Å². The van der Waals surface area contributed by atoms with E-state index in [-0.39, 0.29) is 0 Å². The maximum atomic E-state index is 10.4. The first kappa shape index (κ1) is 17.7. The average molecular weight is 312 g/mol. The van der Waals surface area contributed by atoms with Crippen molar-refractivity contribution in [3.63, 3.8) is 0 Å². The van der Waals surface area contributed by atoms with Gasteiger partial charge in [0, 0.05) is 0 Å². The summed E-state index contributed by atoms with van der Waals surface area (Å²) in [6, 6.07) is 17.9. The molecule has 0 unspecified atom stereocenters. The van der Waals surface area contributed by atoms with Gasteiger partial charge in [0.2, 0.25) is 0 Å². The van der Waals surface area contributed by atoms with Crippen LogP contribution in [0.25, 0.3) is 0 Å². The van der Waals surface area contributed by atoms with Crippen molar-refractivity contribution < 1.29 is 14.8 Å². The molecule has 0 radical (unpaired) electrons. The molecule has 2 aromatic rings. The second-order valence-corrected chi connectivity index (χ2v) is 6.95. The Kier molecular flexibility index (Phi) is 5.30. The zero-order chi connectivity index (χ0) is 17.1. The van der Waals surface area contributed by atoms with E-state index in [1.807, 2.05) is 42.5 Å². The van der Waals surface area contributed by atoms with E-state index < -0.39 is 18.3 Å². The third-order valence-corrected chi connectivity index (χ3v) is 4.37. The van der Waals surface area contributed by atoms with Gasteiger partial charge in [0.15, 0.2) is 0 Å². The van der Waals surface area contributed by atoms with Gasteiger partial charge >= 0.3 is 7.12 Å². The first-order valence-electron chi connectivity index (χ1n) is 7.90. The quantitative estimate of drug-likeness (QED) is 0.806. The van der Waals surface area contributed by atoms with Crippen LogP contribution in [0.2, 0.25) is 0 Å². The molecule has 122 valence electrons. The molecular formula is C19H25BO3. The Bertz CT molecular complexity index is 633. The average Bonchev–Trinajstić information content (AvgIpc) is 2.47. The van der Waals surface area contributed by atoms with E-state index in [1.165, 1.54) is 5.56 Å². The number of rotatable bonds is 6. The zero-order valence-electron chi connectivity index (χ0n) is 14.3. The van der Waals surface area contributed by atoms with Gasteiger partial charge in [0.25, 0.3) is 0 Å². The minimum atomic E-state index is -1.08.